The largest absolute Gasteiger partial charge is 0.464 e. The minimum absolute atomic E-state index is 0.263. The number of esters is 1. The summed E-state index contributed by atoms with van der Waals surface area (Å²) in [6.45, 7) is 3.91. The highest BCUT2D eigenvalue weighted by Gasteiger charge is 2.17. The molecule has 0 aliphatic carbocycles. The third-order valence-corrected chi connectivity index (χ3v) is 2.49. The normalized spacial score (nSPS) is 10.6. The van der Waals surface area contributed by atoms with Crippen LogP contribution in [0, 0.1) is 13.8 Å². The number of aryl methyl sites for hydroxylation is 2. The van der Waals surface area contributed by atoms with Gasteiger partial charge in [-0.25, -0.2) is 9.31 Å². The Kier molecular flexibility index (Phi) is 2.15. The second kappa shape index (κ2) is 3.34. The molecule has 0 aliphatic rings. The Morgan fingerprint density at radius 1 is 1.47 bits per heavy atom. The maximum atomic E-state index is 11.4. The van der Waals surface area contributed by atoms with Gasteiger partial charge in [0.2, 0.25) is 0 Å². The van der Waals surface area contributed by atoms with Gasteiger partial charge >= 0.3 is 5.97 Å². The van der Waals surface area contributed by atoms with E-state index in [2.05, 4.69) is 15.0 Å². The number of hydrogen-bond donors (Lipinski definition) is 0. The molecule has 0 spiro atoms. The molecule has 0 saturated carbocycles. The minimum Gasteiger partial charge on any atom is -0.464 e. The van der Waals surface area contributed by atoms with E-state index in [0.717, 1.165) is 11.1 Å². The highest BCUT2D eigenvalue weighted by molar-refractivity contribution is 5.95. The van der Waals surface area contributed by atoms with E-state index in [1.54, 1.807) is 10.7 Å². The molecule has 2 aromatic rings. The van der Waals surface area contributed by atoms with Crippen LogP contribution in [-0.2, 0) is 4.74 Å². The van der Waals surface area contributed by atoms with Crippen molar-refractivity contribution < 1.29 is 9.53 Å². The molecule has 0 N–H and O–H groups in total. The summed E-state index contributed by atoms with van der Waals surface area (Å²) >= 11 is 0. The zero-order chi connectivity index (χ0) is 11.0. The van der Waals surface area contributed by atoms with Crippen LogP contribution in [0.3, 0.4) is 0 Å². The quantitative estimate of drug-likeness (QED) is 0.655. The molecule has 0 radical (unpaired) electrons. The summed E-state index contributed by atoms with van der Waals surface area (Å²) in [6, 6.07) is 1.93. The van der Waals surface area contributed by atoms with Gasteiger partial charge in [0.25, 0.3) is 0 Å². The lowest BCUT2D eigenvalue weighted by molar-refractivity contribution is 0.0596. The summed E-state index contributed by atoms with van der Waals surface area (Å²) in [5.74, 6) is -0.460. The van der Waals surface area contributed by atoms with Crippen LogP contribution >= 0.6 is 0 Å². The highest BCUT2D eigenvalue weighted by atomic mass is 16.5. The molecule has 5 heteroatoms. The van der Waals surface area contributed by atoms with Crippen molar-refractivity contribution in [2.75, 3.05) is 7.11 Å². The number of fused-ring (bicyclic) bond motifs is 1. The van der Waals surface area contributed by atoms with Crippen molar-refractivity contribution in [3.63, 3.8) is 0 Å². The maximum Gasteiger partial charge on any atom is 0.360 e. The molecule has 0 saturated heterocycles. The van der Waals surface area contributed by atoms with Gasteiger partial charge < -0.3 is 4.74 Å². The van der Waals surface area contributed by atoms with Crippen LogP contribution in [0.4, 0.5) is 0 Å². The Morgan fingerprint density at radius 3 is 2.87 bits per heavy atom. The molecule has 78 valence electrons. The highest BCUT2D eigenvalue weighted by Crippen LogP contribution is 2.17. The number of carbonyl (C=O) groups is 1. The molecule has 15 heavy (non-hydrogen) atoms. The molecule has 0 amide bonds. The van der Waals surface area contributed by atoms with E-state index in [0.29, 0.717) is 5.52 Å². The Balaban J connectivity index is 2.77. The van der Waals surface area contributed by atoms with Crippen LogP contribution in [-0.4, -0.2) is 27.9 Å². The van der Waals surface area contributed by atoms with Crippen molar-refractivity contribution in [2.45, 2.75) is 13.8 Å². The molecule has 2 heterocycles. The lowest BCUT2D eigenvalue weighted by Crippen LogP contribution is -2.03. The van der Waals surface area contributed by atoms with Crippen molar-refractivity contribution in [3.8, 4) is 0 Å². The van der Waals surface area contributed by atoms with Crippen LogP contribution in [0.1, 0.15) is 21.6 Å². The summed E-state index contributed by atoms with van der Waals surface area (Å²) in [5.41, 5.74) is 3.05. The molecule has 0 aliphatic heterocycles. The SMILES string of the molecule is COC(=O)c1nnn2ccc(C)c(C)c12. The van der Waals surface area contributed by atoms with Crippen molar-refractivity contribution in [1.82, 2.24) is 14.8 Å². The third-order valence-electron chi connectivity index (χ3n) is 2.49. The summed E-state index contributed by atoms with van der Waals surface area (Å²) < 4.78 is 6.22. The standard InChI is InChI=1S/C10H11N3O2/c1-6-4-5-13-9(7(6)2)8(11-12-13)10(14)15-3/h4-5H,1-3H3. The lowest BCUT2D eigenvalue weighted by Gasteiger charge is -2.02. The molecule has 0 fully saturated rings. The molecule has 2 aromatic heterocycles. The summed E-state index contributed by atoms with van der Waals surface area (Å²) in [7, 11) is 1.33. The average molecular weight is 205 g/mol. The predicted octanol–water partition coefficient (Wildman–Crippen LogP) is 1.13. The molecule has 0 atom stereocenters. The topological polar surface area (TPSA) is 56.5 Å². The van der Waals surface area contributed by atoms with Crippen molar-refractivity contribution in [2.24, 2.45) is 0 Å². The maximum absolute atomic E-state index is 11.4. The molecule has 0 bridgehead atoms. The van der Waals surface area contributed by atoms with E-state index in [9.17, 15) is 4.79 Å². The molecule has 0 aromatic carbocycles. The monoisotopic (exact) mass is 205 g/mol. The van der Waals surface area contributed by atoms with E-state index in [-0.39, 0.29) is 5.69 Å². The number of pyridine rings is 1. The Bertz CT molecular complexity index is 531. The van der Waals surface area contributed by atoms with Gasteiger partial charge in [-0.1, -0.05) is 5.21 Å². The van der Waals surface area contributed by atoms with Gasteiger partial charge in [0.05, 0.1) is 7.11 Å². The van der Waals surface area contributed by atoms with Gasteiger partial charge in [0.1, 0.15) is 5.52 Å². The van der Waals surface area contributed by atoms with Crippen LogP contribution in [0.2, 0.25) is 0 Å². The van der Waals surface area contributed by atoms with Gasteiger partial charge in [-0.05, 0) is 31.0 Å². The molecule has 0 unspecified atom stereocenters. The average Bonchev–Trinajstić information content (AvgIpc) is 2.67. The van der Waals surface area contributed by atoms with Gasteiger partial charge in [-0.15, -0.1) is 5.10 Å². The van der Waals surface area contributed by atoms with E-state index in [1.807, 2.05) is 19.9 Å². The van der Waals surface area contributed by atoms with Crippen LogP contribution in [0.15, 0.2) is 12.3 Å². The number of nitrogens with zero attached hydrogens (tertiary/aromatic N) is 3. The lowest BCUT2D eigenvalue weighted by atomic mass is 10.1. The van der Waals surface area contributed by atoms with Gasteiger partial charge in [-0.3, -0.25) is 0 Å². The molecule has 2 rings (SSSR count). The predicted molar refractivity (Wildman–Crippen MR) is 53.8 cm³/mol. The molecular weight excluding hydrogens is 194 g/mol. The van der Waals surface area contributed by atoms with Crippen LogP contribution in [0.25, 0.3) is 5.52 Å². The number of carbonyl (C=O) groups excluding carboxylic acids is 1. The van der Waals surface area contributed by atoms with Gasteiger partial charge in [0.15, 0.2) is 5.69 Å². The number of ether oxygens (including phenoxy) is 1. The smallest absolute Gasteiger partial charge is 0.360 e. The number of hydrogen-bond acceptors (Lipinski definition) is 4. The Hall–Kier alpha value is -1.91. The second-order valence-corrected chi connectivity index (χ2v) is 3.35. The fraction of sp³-hybridized carbons (Fsp3) is 0.300. The van der Waals surface area contributed by atoms with Crippen LogP contribution in [0.5, 0.6) is 0 Å². The number of rotatable bonds is 1. The van der Waals surface area contributed by atoms with E-state index >= 15 is 0 Å². The first-order valence-corrected chi connectivity index (χ1v) is 4.54. The van der Waals surface area contributed by atoms with E-state index < -0.39 is 5.97 Å². The zero-order valence-electron chi connectivity index (χ0n) is 8.81. The fourth-order valence-corrected chi connectivity index (χ4v) is 1.48. The van der Waals surface area contributed by atoms with Gasteiger partial charge in [-0.2, -0.15) is 0 Å². The number of aromatic nitrogens is 3. The first-order chi connectivity index (χ1) is 7.15. The molecular formula is C10H11N3O2. The first-order valence-electron chi connectivity index (χ1n) is 4.54. The van der Waals surface area contributed by atoms with Crippen LogP contribution < -0.4 is 0 Å². The van der Waals surface area contributed by atoms with E-state index in [1.165, 1.54) is 7.11 Å². The fourth-order valence-electron chi connectivity index (χ4n) is 1.48. The zero-order valence-corrected chi connectivity index (χ0v) is 8.81. The summed E-state index contributed by atoms with van der Waals surface area (Å²) in [5, 5.41) is 7.66. The number of methoxy groups -OCH3 is 1. The summed E-state index contributed by atoms with van der Waals surface area (Å²) in [4.78, 5) is 11.4. The second-order valence-electron chi connectivity index (χ2n) is 3.35. The Morgan fingerprint density at radius 2 is 2.20 bits per heavy atom. The summed E-state index contributed by atoms with van der Waals surface area (Å²) in [6.07, 6.45) is 1.77. The third kappa shape index (κ3) is 1.36. The van der Waals surface area contributed by atoms with E-state index in [4.69, 9.17) is 0 Å². The van der Waals surface area contributed by atoms with Gasteiger partial charge in [0, 0.05) is 6.20 Å². The first kappa shape index (κ1) is 9.64. The Labute approximate surface area is 86.7 Å². The molecule has 5 nitrogen and oxygen atoms in total. The van der Waals surface area contributed by atoms with Crippen molar-refractivity contribution in [3.05, 3.63) is 29.1 Å². The minimum atomic E-state index is -0.460. The van der Waals surface area contributed by atoms with Crippen molar-refractivity contribution >= 4 is 11.5 Å². The van der Waals surface area contributed by atoms with Crippen molar-refractivity contribution in [1.29, 1.82) is 0 Å².